The number of hydrogen-bond donors (Lipinski definition) is 1. The van der Waals surface area contributed by atoms with Crippen molar-refractivity contribution in [1.82, 2.24) is 10.2 Å². The van der Waals surface area contributed by atoms with Crippen LogP contribution >= 0.6 is 11.8 Å². The Balaban J connectivity index is 2.11. The standard InChI is InChI=1S/C14H15N3O6S/c1-8(12(18)16-6-5-15-14(16)20)23-13(19)9-3-4-11(24-2)10(7-9)17(21)22/h3-4,7-8H,5-6H2,1-2H3,(H,15,20)/t8-/m0/s1. The van der Waals surface area contributed by atoms with Crippen LogP contribution in [0.25, 0.3) is 0 Å². The van der Waals surface area contributed by atoms with E-state index in [1.165, 1.54) is 30.8 Å². The number of carbonyl (C=O) groups is 3. The van der Waals surface area contributed by atoms with Gasteiger partial charge in [0.15, 0.2) is 6.10 Å². The molecule has 24 heavy (non-hydrogen) atoms. The van der Waals surface area contributed by atoms with Crippen molar-refractivity contribution in [3.63, 3.8) is 0 Å². The van der Waals surface area contributed by atoms with Crippen LogP contribution in [0.5, 0.6) is 0 Å². The maximum atomic E-state index is 12.1. The van der Waals surface area contributed by atoms with Gasteiger partial charge >= 0.3 is 12.0 Å². The molecule has 1 aromatic rings. The number of hydrogen-bond acceptors (Lipinski definition) is 7. The third-order valence-corrected chi connectivity index (χ3v) is 4.15. The van der Waals surface area contributed by atoms with Crippen LogP contribution in [0.15, 0.2) is 23.1 Å². The first-order valence-corrected chi connectivity index (χ1v) is 8.20. The van der Waals surface area contributed by atoms with E-state index in [1.807, 2.05) is 0 Å². The zero-order valence-electron chi connectivity index (χ0n) is 13.0. The summed E-state index contributed by atoms with van der Waals surface area (Å²) in [5.41, 5.74) is -0.250. The molecule has 3 amide bonds. The van der Waals surface area contributed by atoms with Crippen molar-refractivity contribution in [2.75, 3.05) is 19.3 Å². The molecule has 1 saturated heterocycles. The van der Waals surface area contributed by atoms with Crippen molar-refractivity contribution < 1.29 is 24.0 Å². The molecule has 0 bridgehead atoms. The monoisotopic (exact) mass is 353 g/mol. The van der Waals surface area contributed by atoms with Crippen LogP contribution in [-0.4, -0.2) is 53.2 Å². The fourth-order valence-electron chi connectivity index (χ4n) is 2.14. The van der Waals surface area contributed by atoms with Gasteiger partial charge in [-0.3, -0.25) is 19.8 Å². The summed E-state index contributed by atoms with van der Waals surface area (Å²) in [6, 6.07) is 3.40. The lowest BCUT2D eigenvalue weighted by atomic mass is 10.2. The summed E-state index contributed by atoms with van der Waals surface area (Å²) in [5, 5.41) is 13.5. The number of urea groups is 1. The Bertz CT molecular complexity index is 708. The lowest BCUT2D eigenvalue weighted by Gasteiger charge is -2.18. The van der Waals surface area contributed by atoms with Crippen LogP contribution in [0.1, 0.15) is 17.3 Å². The van der Waals surface area contributed by atoms with Crippen molar-refractivity contribution in [1.29, 1.82) is 0 Å². The van der Waals surface area contributed by atoms with E-state index >= 15 is 0 Å². The number of carbonyl (C=O) groups excluding carboxylic acids is 3. The maximum absolute atomic E-state index is 12.1. The molecule has 0 radical (unpaired) electrons. The highest BCUT2D eigenvalue weighted by molar-refractivity contribution is 7.98. The molecule has 0 unspecified atom stereocenters. The summed E-state index contributed by atoms with van der Waals surface area (Å²) in [6.07, 6.45) is 0.503. The van der Waals surface area contributed by atoms with Crippen LogP contribution in [0.3, 0.4) is 0 Å². The largest absolute Gasteiger partial charge is 0.449 e. The van der Waals surface area contributed by atoms with Crippen LogP contribution in [0, 0.1) is 10.1 Å². The number of imide groups is 1. The van der Waals surface area contributed by atoms with Crippen molar-refractivity contribution in [3.05, 3.63) is 33.9 Å². The average molecular weight is 353 g/mol. The molecule has 1 atom stereocenters. The minimum Gasteiger partial charge on any atom is -0.449 e. The van der Waals surface area contributed by atoms with Gasteiger partial charge in [0.25, 0.3) is 11.6 Å². The van der Waals surface area contributed by atoms with E-state index in [4.69, 9.17) is 4.74 Å². The predicted octanol–water partition coefficient (Wildman–Crippen LogP) is 1.41. The molecule has 0 saturated carbocycles. The van der Waals surface area contributed by atoms with Crippen molar-refractivity contribution >= 4 is 35.4 Å². The molecule has 0 aromatic heterocycles. The highest BCUT2D eigenvalue weighted by atomic mass is 32.2. The summed E-state index contributed by atoms with van der Waals surface area (Å²) in [7, 11) is 0. The zero-order chi connectivity index (χ0) is 17.9. The number of benzene rings is 1. The van der Waals surface area contributed by atoms with Crippen molar-refractivity contribution in [2.45, 2.75) is 17.9 Å². The van der Waals surface area contributed by atoms with Gasteiger partial charge in [-0.1, -0.05) is 0 Å². The Kier molecular flexibility index (Phi) is 5.39. The van der Waals surface area contributed by atoms with Gasteiger partial charge in [0.05, 0.1) is 15.4 Å². The first-order valence-electron chi connectivity index (χ1n) is 6.97. The SMILES string of the molecule is CSc1ccc(C(=O)O[C@@H](C)C(=O)N2CCNC2=O)cc1[N+](=O)[O-]. The minimum absolute atomic E-state index is 0.0370. The van der Waals surface area contributed by atoms with Gasteiger partial charge in [-0.15, -0.1) is 11.8 Å². The third-order valence-electron chi connectivity index (χ3n) is 3.37. The van der Waals surface area contributed by atoms with Crippen LogP contribution in [-0.2, 0) is 9.53 Å². The van der Waals surface area contributed by atoms with Crippen molar-refractivity contribution in [3.8, 4) is 0 Å². The molecule has 1 fully saturated rings. The molecular weight excluding hydrogens is 338 g/mol. The molecule has 1 N–H and O–H groups in total. The molecule has 0 spiro atoms. The maximum Gasteiger partial charge on any atom is 0.339 e. The van der Waals surface area contributed by atoms with E-state index in [2.05, 4.69) is 5.32 Å². The number of nitro benzene ring substituents is 1. The van der Waals surface area contributed by atoms with Crippen LogP contribution < -0.4 is 5.32 Å². The molecule has 1 aromatic carbocycles. The number of rotatable bonds is 5. The molecule has 2 rings (SSSR count). The van der Waals surface area contributed by atoms with E-state index in [0.29, 0.717) is 11.4 Å². The molecule has 1 aliphatic rings. The number of amides is 3. The number of nitrogens with zero attached hydrogens (tertiary/aromatic N) is 2. The molecule has 0 aliphatic carbocycles. The van der Waals surface area contributed by atoms with Crippen LogP contribution in [0.4, 0.5) is 10.5 Å². The molecule has 128 valence electrons. The number of thioether (sulfide) groups is 1. The Hall–Kier alpha value is -2.62. The summed E-state index contributed by atoms with van der Waals surface area (Å²) < 4.78 is 5.03. The quantitative estimate of drug-likeness (QED) is 0.368. The third kappa shape index (κ3) is 3.65. The highest BCUT2D eigenvalue weighted by Gasteiger charge is 2.32. The lowest BCUT2D eigenvalue weighted by Crippen LogP contribution is -2.41. The summed E-state index contributed by atoms with van der Waals surface area (Å²) in [6.45, 7) is 1.89. The molecule has 1 heterocycles. The zero-order valence-corrected chi connectivity index (χ0v) is 13.8. The minimum atomic E-state index is -1.18. The van der Waals surface area contributed by atoms with E-state index < -0.39 is 28.9 Å². The molecule has 9 nitrogen and oxygen atoms in total. The molecular formula is C14H15N3O6S. The van der Waals surface area contributed by atoms with E-state index in [-0.39, 0.29) is 17.8 Å². The number of nitrogens with one attached hydrogen (secondary N) is 1. The van der Waals surface area contributed by atoms with E-state index in [9.17, 15) is 24.5 Å². The van der Waals surface area contributed by atoms with E-state index in [0.717, 1.165) is 11.0 Å². The lowest BCUT2D eigenvalue weighted by molar-refractivity contribution is -0.387. The van der Waals surface area contributed by atoms with Gasteiger partial charge in [0, 0.05) is 19.2 Å². The smallest absolute Gasteiger partial charge is 0.339 e. The number of nitro groups is 1. The van der Waals surface area contributed by atoms with Gasteiger partial charge in [0.1, 0.15) is 0 Å². The van der Waals surface area contributed by atoms with Crippen molar-refractivity contribution in [2.24, 2.45) is 0 Å². The van der Waals surface area contributed by atoms with Gasteiger partial charge in [-0.25, -0.2) is 9.59 Å². The Labute approximate surface area is 141 Å². The Morgan fingerprint density at radius 3 is 2.71 bits per heavy atom. The Morgan fingerprint density at radius 1 is 1.46 bits per heavy atom. The summed E-state index contributed by atoms with van der Waals surface area (Å²) >= 11 is 1.18. The van der Waals surface area contributed by atoms with Gasteiger partial charge in [-0.2, -0.15) is 0 Å². The van der Waals surface area contributed by atoms with Gasteiger partial charge in [-0.05, 0) is 25.3 Å². The second-order valence-corrected chi connectivity index (χ2v) is 5.76. The number of esters is 1. The fraction of sp³-hybridized carbons (Fsp3) is 0.357. The normalized spacial score (nSPS) is 14.9. The second-order valence-electron chi connectivity index (χ2n) is 4.91. The fourth-order valence-corrected chi connectivity index (χ4v) is 2.69. The molecule has 10 heteroatoms. The van der Waals surface area contributed by atoms with Crippen LogP contribution in [0.2, 0.25) is 0 Å². The number of ether oxygens (including phenoxy) is 1. The summed E-state index contributed by atoms with van der Waals surface area (Å²) in [5.74, 6) is -1.51. The second kappa shape index (κ2) is 7.30. The average Bonchev–Trinajstić information content (AvgIpc) is 2.99. The predicted molar refractivity (Wildman–Crippen MR) is 84.9 cm³/mol. The Morgan fingerprint density at radius 2 is 2.17 bits per heavy atom. The highest BCUT2D eigenvalue weighted by Crippen LogP contribution is 2.28. The summed E-state index contributed by atoms with van der Waals surface area (Å²) in [4.78, 5) is 47.4. The first kappa shape index (κ1) is 17.7. The first-order chi connectivity index (χ1) is 11.3. The topological polar surface area (TPSA) is 119 Å². The van der Waals surface area contributed by atoms with Gasteiger partial charge < -0.3 is 10.1 Å². The van der Waals surface area contributed by atoms with E-state index in [1.54, 1.807) is 6.26 Å². The van der Waals surface area contributed by atoms with Gasteiger partial charge in [0.2, 0.25) is 0 Å². The molecule has 1 aliphatic heterocycles.